The van der Waals surface area contributed by atoms with Crippen LogP contribution in [0.15, 0.2) is 36.4 Å². The lowest BCUT2D eigenvalue weighted by molar-refractivity contribution is -0.126. The number of hydrogen-bond donors (Lipinski definition) is 6. The fourth-order valence-electron chi connectivity index (χ4n) is 5.02. The molecule has 2 aromatic carbocycles. The van der Waals surface area contributed by atoms with Crippen LogP contribution in [0, 0.1) is 5.92 Å². The molecule has 1 aliphatic carbocycles. The SMILES string of the molecule is CCN(C(=O)C(Cc1ccc(OP(=O)(O)O)c(P(=O)(O)O)c1)NC(C)=O)c1ccc(OCC2CCCCC2)c(C(N)=O)c1. The molecule has 0 heterocycles. The van der Waals surface area contributed by atoms with Crippen LogP contribution >= 0.6 is 15.4 Å². The summed E-state index contributed by atoms with van der Waals surface area (Å²) in [7, 11) is -10.2. The third kappa shape index (κ3) is 9.89. The molecule has 16 heteroatoms. The lowest BCUT2D eigenvalue weighted by atomic mass is 9.90. The molecule has 0 radical (unpaired) electrons. The van der Waals surface area contributed by atoms with E-state index in [0.29, 0.717) is 24.0 Å². The van der Waals surface area contributed by atoms with Gasteiger partial charge in [0.1, 0.15) is 22.8 Å². The Morgan fingerprint density at radius 1 is 1.02 bits per heavy atom. The summed E-state index contributed by atoms with van der Waals surface area (Å²) in [6.07, 6.45) is 5.29. The van der Waals surface area contributed by atoms with Crippen molar-refractivity contribution >= 4 is 44.1 Å². The van der Waals surface area contributed by atoms with Crippen LogP contribution in [0.4, 0.5) is 5.69 Å². The van der Waals surface area contributed by atoms with Crippen LogP contribution in [0.25, 0.3) is 0 Å². The van der Waals surface area contributed by atoms with Gasteiger partial charge >= 0.3 is 15.4 Å². The molecule has 3 amide bonds. The summed E-state index contributed by atoms with van der Waals surface area (Å²) in [5, 5.41) is 1.73. The Bertz CT molecular complexity index is 1430. The zero-order chi connectivity index (χ0) is 31.9. The van der Waals surface area contributed by atoms with Gasteiger partial charge in [0.25, 0.3) is 5.91 Å². The standard InChI is InChI=1S/C27H37N3O11P2/c1-3-30(20-10-12-23(21(15-20)26(28)32)40-16-18-7-5-4-6-8-18)27(33)22(29-17(2)31)13-19-9-11-24(41-43(37,38)39)25(14-19)42(34,35)36/h9-12,14-15,18,22H,3-8,13,16H2,1-2H3,(H2,28,32)(H,29,31)(H2,34,35,36)(H2,37,38,39). The van der Waals surface area contributed by atoms with Crippen molar-refractivity contribution < 1.29 is 52.3 Å². The minimum atomic E-state index is -5.14. The Kier molecular flexibility index (Phi) is 11.5. The third-order valence-corrected chi connectivity index (χ3v) is 8.40. The number of nitrogens with zero attached hydrogens (tertiary/aromatic N) is 1. The molecular formula is C27H37N3O11P2. The molecule has 0 saturated heterocycles. The normalized spacial score (nSPS) is 14.9. The number of phosphoric ester groups is 1. The van der Waals surface area contributed by atoms with Crippen molar-refractivity contribution in [3.8, 4) is 11.5 Å². The first-order chi connectivity index (χ1) is 20.1. The highest BCUT2D eigenvalue weighted by Crippen LogP contribution is 2.43. The molecule has 0 aliphatic heterocycles. The summed E-state index contributed by atoms with van der Waals surface area (Å²) in [6.45, 7) is 3.44. The lowest BCUT2D eigenvalue weighted by Crippen LogP contribution is -2.49. The maximum Gasteiger partial charge on any atom is 0.524 e. The van der Waals surface area contributed by atoms with Gasteiger partial charge in [-0.15, -0.1) is 0 Å². The Morgan fingerprint density at radius 2 is 1.67 bits per heavy atom. The molecule has 0 bridgehead atoms. The zero-order valence-corrected chi connectivity index (χ0v) is 25.6. The fraction of sp³-hybridized carbons (Fsp3) is 0.444. The van der Waals surface area contributed by atoms with E-state index in [1.807, 2.05) is 0 Å². The minimum absolute atomic E-state index is 0.0857. The smallest absolute Gasteiger partial charge is 0.492 e. The molecular weight excluding hydrogens is 604 g/mol. The van der Waals surface area contributed by atoms with Gasteiger partial charge in [0, 0.05) is 25.6 Å². The number of ether oxygens (including phenoxy) is 1. The van der Waals surface area contributed by atoms with Gasteiger partial charge in [0.15, 0.2) is 0 Å². The molecule has 14 nitrogen and oxygen atoms in total. The monoisotopic (exact) mass is 641 g/mol. The Balaban J connectivity index is 1.90. The van der Waals surface area contributed by atoms with E-state index >= 15 is 0 Å². The third-order valence-electron chi connectivity index (χ3n) is 6.99. The van der Waals surface area contributed by atoms with Crippen LogP contribution in [0.3, 0.4) is 0 Å². The molecule has 236 valence electrons. The van der Waals surface area contributed by atoms with Crippen molar-refractivity contribution in [3.05, 3.63) is 47.5 Å². The number of hydrogen-bond acceptors (Lipinski definition) is 7. The second-order valence-electron chi connectivity index (χ2n) is 10.3. The van der Waals surface area contributed by atoms with Gasteiger partial charge in [-0.2, -0.15) is 0 Å². The maximum absolute atomic E-state index is 13.7. The van der Waals surface area contributed by atoms with Gasteiger partial charge < -0.3 is 35.0 Å². The molecule has 0 aromatic heterocycles. The van der Waals surface area contributed by atoms with Crippen molar-refractivity contribution in [2.75, 3.05) is 18.1 Å². The van der Waals surface area contributed by atoms with E-state index in [9.17, 15) is 33.3 Å². The number of primary amides is 1. The number of amides is 3. The molecule has 43 heavy (non-hydrogen) atoms. The molecule has 1 atom stereocenters. The number of likely N-dealkylation sites (N-methyl/N-ethyl adjacent to an activating group) is 1. The molecule has 7 N–H and O–H groups in total. The number of carbonyl (C=O) groups is 3. The van der Waals surface area contributed by atoms with Gasteiger partial charge in [-0.3, -0.25) is 28.7 Å². The van der Waals surface area contributed by atoms with E-state index < -0.39 is 50.2 Å². The second kappa shape index (κ2) is 14.5. The number of phosphoric acid groups is 1. The zero-order valence-electron chi connectivity index (χ0n) is 23.8. The summed E-state index contributed by atoms with van der Waals surface area (Å²) in [6, 6.07) is 6.53. The van der Waals surface area contributed by atoms with Crippen LogP contribution in [-0.2, 0) is 25.1 Å². The van der Waals surface area contributed by atoms with E-state index in [0.717, 1.165) is 37.8 Å². The van der Waals surface area contributed by atoms with Crippen LogP contribution < -0.4 is 30.5 Å². The highest BCUT2D eigenvalue weighted by Gasteiger charge is 2.31. The number of carbonyl (C=O) groups excluding carboxylic acids is 3. The molecule has 2 aromatic rings. The quantitative estimate of drug-likeness (QED) is 0.174. The largest absolute Gasteiger partial charge is 0.524 e. The summed E-state index contributed by atoms with van der Waals surface area (Å²) in [5.74, 6) is -1.96. The van der Waals surface area contributed by atoms with E-state index in [1.165, 1.54) is 30.4 Å². The Hall–Kier alpha value is -3.25. The Labute approximate surface area is 249 Å². The van der Waals surface area contributed by atoms with E-state index in [1.54, 1.807) is 19.1 Å². The van der Waals surface area contributed by atoms with Crippen LogP contribution in [0.1, 0.15) is 61.9 Å². The number of nitrogens with one attached hydrogen (secondary N) is 1. The molecule has 3 rings (SSSR count). The first kappa shape index (κ1) is 34.2. The van der Waals surface area contributed by atoms with Crippen LogP contribution in [0.5, 0.6) is 11.5 Å². The average molecular weight is 642 g/mol. The summed E-state index contributed by atoms with van der Waals surface area (Å²) in [5.41, 5.74) is 6.19. The van der Waals surface area contributed by atoms with E-state index in [2.05, 4.69) is 9.84 Å². The number of benzene rings is 2. The number of anilines is 1. The van der Waals surface area contributed by atoms with Gasteiger partial charge in [-0.25, -0.2) is 4.57 Å². The van der Waals surface area contributed by atoms with Crippen molar-refractivity contribution in [3.63, 3.8) is 0 Å². The average Bonchev–Trinajstić information content (AvgIpc) is 2.91. The first-order valence-corrected chi connectivity index (χ1v) is 16.8. The van der Waals surface area contributed by atoms with Gasteiger partial charge in [0.05, 0.1) is 12.2 Å². The molecule has 1 unspecified atom stereocenters. The topological polar surface area (TPSA) is 226 Å². The van der Waals surface area contributed by atoms with E-state index in [4.69, 9.17) is 20.3 Å². The van der Waals surface area contributed by atoms with Crippen LogP contribution in [-0.4, -0.2) is 56.5 Å². The predicted molar refractivity (Wildman–Crippen MR) is 157 cm³/mol. The van der Waals surface area contributed by atoms with Crippen LogP contribution in [0.2, 0.25) is 0 Å². The molecule has 0 spiro atoms. The summed E-state index contributed by atoms with van der Waals surface area (Å²) >= 11 is 0. The predicted octanol–water partition coefficient (Wildman–Crippen LogP) is 2.12. The van der Waals surface area contributed by atoms with Gasteiger partial charge in [-0.1, -0.05) is 25.3 Å². The second-order valence-corrected chi connectivity index (χ2v) is 13.1. The number of rotatable bonds is 13. The van der Waals surface area contributed by atoms with Crippen molar-refractivity contribution in [2.45, 2.75) is 58.4 Å². The highest BCUT2D eigenvalue weighted by atomic mass is 31.2. The molecule has 1 aliphatic rings. The molecule has 1 fully saturated rings. The van der Waals surface area contributed by atoms with E-state index in [-0.39, 0.29) is 24.1 Å². The highest BCUT2D eigenvalue weighted by molar-refractivity contribution is 7.60. The van der Waals surface area contributed by atoms with Gasteiger partial charge in [-0.05, 0) is 61.6 Å². The number of nitrogens with two attached hydrogens (primary N) is 1. The fourth-order valence-corrected chi connectivity index (χ4v) is 6.25. The molecule has 1 saturated carbocycles. The van der Waals surface area contributed by atoms with Gasteiger partial charge in [0.2, 0.25) is 11.8 Å². The van der Waals surface area contributed by atoms with Crippen molar-refractivity contribution in [2.24, 2.45) is 11.7 Å². The summed E-state index contributed by atoms with van der Waals surface area (Å²) in [4.78, 5) is 77.1. The van der Waals surface area contributed by atoms with Crippen molar-refractivity contribution in [1.82, 2.24) is 5.32 Å². The summed E-state index contributed by atoms with van der Waals surface area (Å²) < 4.78 is 33.7. The maximum atomic E-state index is 13.7. The minimum Gasteiger partial charge on any atom is -0.492 e. The van der Waals surface area contributed by atoms with Crippen molar-refractivity contribution in [1.29, 1.82) is 0 Å². The lowest BCUT2D eigenvalue weighted by Gasteiger charge is -2.28. The first-order valence-electron chi connectivity index (χ1n) is 13.7. The Morgan fingerprint density at radius 3 is 2.23 bits per heavy atom.